The van der Waals surface area contributed by atoms with E-state index in [1.165, 1.54) is 0 Å². The molecule has 0 saturated carbocycles. The second-order valence-corrected chi connectivity index (χ2v) is 8.36. The third-order valence-corrected chi connectivity index (χ3v) is 4.09. The van der Waals surface area contributed by atoms with Gasteiger partial charge in [-0.25, -0.2) is 25.3 Å². The minimum absolute atomic E-state index is 0. The first-order valence-corrected chi connectivity index (χ1v) is 10.7. The Morgan fingerprint density at radius 2 is 0.682 bits per heavy atom. The maximum absolute atomic E-state index is 9.68. The summed E-state index contributed by atoms with van der Waals surface area (Å²) >= 11 is 0. The van der Waals surface area contributed by atoms with E-state index in [0.29, 0.717) is 19.3 Å². The van der Waals surface area contributed by atoms with Gasteiger partial charge in [0.15, 0.2) is 0 Å². The fourth-order valence-corrected chi connectivity index (χ4v) is 2.25. The monoisotopic (exact) mass is 438 g/mol. The second-order valence-electron chi connectivity index (χ2n) is 3.79. The Labute approximate surface area is 146 Å². The van der Waals surface area contributed by atoms with Gasteiger partial charge in [-0.1, -0.05) is 20.8 Å². The van der Waals surface area contributed by atoms with Crippen LogP contribution in [0.2, 0.25) is 0 Å². The first kappa shape index (κ1) is 30.3. The molecule has 0 saturated heterocycles. The third kappa shape index (κ3) is 49.9. The molecule has 0 aromatic carbocycles. The van der Waals surface area contributed by atoms with E-state index in [4.69, 9.17) is 0 Å². The summed E-state index contributed by atoms with van der Waals surface area (Å²) in [5.74, 6) is -0.729. The van der Waals surface area contributed by atoms with Crippen molar-refractivity contribution in [1.29, 1.82) is 0 Å². The van der Waals surface area contributed by atoms with E-state index in [0.717, 1.165) is 0 Å². The van der Waals surface area contributed by atoms with Crippen LogP contribution in [0.5, 0.6) is 0 Å². The summed E-state index contributed by atoms with van der Waals surface area (Å²) in [6.45, 7) is 4.94. The molecule has 0 fully saturated rings. The van der Waals surface area contributed by atoms with Gasteiger partial charge in [-0.05, 0) is 19.3 Å². The summed E-state index contributed by atoms with van der Waals surface area (Å²) in [6, 6.07) is 0. The summed E-state index contributed by atoms with van der Waals surface area (Å²) in [4.78, 5) is 0. The van der Waals surface area contributed by atoms with E-state index in [2.05, 4.69) is 0 Å². The van der Waals surface area contributed by atoms with Crippen molar-refractivity contribution in [3.63, 3.8) is 0 Å². The molecule has 9 nitrogen and oxygen atoms in total. The molecule has 0 unspecified atom stereocenters. The average molecular weight is 439 g/mol. The molecule has 132 valence electrons. The van der Waals surface area contributed by atoms with E-state index in [1.54, 1.807) is 20.8 Å². The molecule has 0 aliphatic heterocycles. The topological polar surface area (TPSA) is 172 Å². The minimum atomic E-state index is -3.92. The molecule has 0 atom stereocenters. The average Bonchev–Trinajstić information content (AvgIpc) is 2.12. The zero-order valence-corrected chi connectivity index (χ0v) is 17.6. The SMILES string of the molecule is CCCS(=O)(=O)[O-].CCCS(=O)(=O)[O-].CCCS(=O)(=O)[O-].[Ga+3]. The molecule has 13 heteroatoms. The maximum atomic E-state index is 9.68. The summed E-state index contributed by atoms with van der Waals surface area (Å²) in [7, 11) is -11.8. The standard InChI is InChI=1S/3C3H8O3S.Ga/c3*1-2-3-7(4,5)6;/h3*2-3H2,1H3,(H,4,5,6);/q;;;+3/p-3. The fourth-order valence-electron chi connectivity index (χ4n) is 0.750. The summed E-state index contributed by atoms with van der Waals surface area (Å²) in [5.41, 5.74) is 0. The molecule has 0 bridgehead atoms. The molecule has 0 aliphatic rings. The Kier molecular flexibility index (Phi) is 20.5. The van der Waals surface area contributed by atoms with E-state index < -0.39 is 30.4 Å². The van der Waals surface area contributed by atoms with Crippen molar-refractivity contribution in [3.8, 4) is 0 Å². The quantitative estimate of drug-likeness (QED) is 0.389. The van der Waals surface area contributed by atoms with Crippen molar-refractivity contribution in [2.45, 2.75) is 40.0 Å². The smallest absolute Gasteiger partial charge is 0.748 e. The summed E-state index contributed by atoms with van der Waals surface area (Å²) in [5, 5.41) is 0. The van der Waals surface area contributed by atoms with Crippen molar-refractivity contribution in [1.82, 2.24) is 0 Å². The van der Waals surface area contributed by atoms with E-state index in [1.807, 2.05) is 0 Å². The normalized spacial score (nSPS) is 11.2. The van der Waals surface area contributed by atoms with Crippen LogP contribution in [0.25, 0.3) is 0 Å². The van der Waals surface area contributed by atoms with Gasteiger partial charge in [-0.3, -0.25) is 0 Å². The van der Waals surface area contributed by atoms with Crippen LogP contribution >= 0.6 is 0 Å². The predicted octanol–water partition coefficient (Wildman–Crippen LogP) is -0.556. The molecular weight excluding hydrogens is 418 g/mol. The van der Waals surface area contributed by atoms with Crippen LogP contribution in [0.3, 0.4) is 0 Å². The second kappa shape index (κ2) is 14.9. The van der Waals surface area contributed by atoms with Gasteiger partial charge in [-0.2, -0.15) is 0 Å². The molecule has 22 heavy (non-hydrogen) atoms. The van der Waals surface area contributed by atoms with Gasteiger partial charge >= 0.3 is 19.8 Å². The largest absolute Gasteiger partial charge is 3.00 e. The molecule has 0 heterocycles. The van der Waals surface area contributed by atoms with Gasteiger partial charge in [0, 0.05) is 17.3 Å². The predicted molar refractivity (Wildman–Crippen MR) is 80.3 cm³/mol. The number of rotatable bonds is 6. The number of hydrogen-bond acceptors (Lipinski definition) is 9. The third-order valence-electron chi connectivity index (χ3n) is 1.36. The molecule has 0 radical (unpaired) electrons. The van der Waals surface area contributed by atoms with Crippen LogP contribution in [0.1, 0.15) is 40.0 Å². The zero-order chi connectivity index (χ0) is 17.7. The van der Waals surface area contributed by atoms with E-state index >= 15 is 0 Å². The van der Waals surface area contributed by atoms with Gasteiger partial charge in [0.2, 0.25) is 0 Å². The Morgan fingerprint density at radius 3 is 0.682 bits per heavy atom. The Morgan fingerprint density at radius 1 is 0.545 bits per heavy atom. The first-order valence-electron chi connectivity index (χ1n) is 5.99. The van der Waals surface area contributed by atoms with E-state index in [9.17, 15) is 38.9 Å². The Hall–Kier alpha value is 0.366. The van der Waals surface area contributed by atoms with Gasteiger partial charge in [0.25, 0.3) is 0 Å². The van der Waals surface area contributed by atoms with Crippen LogP contribution in [-0.4, -0.2) is 76.0 Å². The van der Waals surface area contributed by atoms with Crippen LogP contribution in [0.15, 0.2) is 0 Å². The molecule has 0 spiro atoms. The molecular formula is C9H21GaO9S3. The van der Waals surface area contributed by atoms with Crippen molar-refractivity contribution in [2.24, 2.45) is 0 Å². The maximum Gasteiger partial charge on any atom is 3.00 e. The Balaban J connectivity index is -0.000000108. The van der Waals surface area contributed by atoms with Crippen molar-refractivity contribution in [2.75, 3.05) is 17.3 Å². The van der Waals surface area contributed by atoms with Crippen molar-refractivity contribution < 1.29 is 38.9 Å². The van der Waals surface area contributed by atoms with Crippen LogP contribution in [-0.2, 0) is 30.4 Å². The summed E-state index contributed by atoms with van der Waals surface area (Å²) < 4.78 is 87.1. The molecule has 0 aromatic heterocycles. The molecule has 0 rings (SSSR count). The van der Waals surface area contributed by atoms with E-state index in [-0.39, 0.29) is 37.0 Å². The number of hydrogen-bond donors (Lipinski definition) is 0. The molecule has 0 amide bonds. The van der Waals surface area contributed by atoms with Crippen molar-refractivity contribution in [3.05, 3.63) is 0 Å². The van der Waals surface area contributed by atoms with Crippen molar-refractivity contribution >= 4 is 50.1 Å². The van der Waals surface area contributed by atoms with Crippen LogP contribution in [0, 0.1) is 0 Å². The zero-order valence-electron chi connectivity index (χ0n) is 12.7. The van der Waals surface area contributed by atoms with Crippen LogP contribution in [0.4, 0.5) is 0 Å². The Bertz CT molecular complexity index is 456. The fraction of sp³-hybridized carbons (Fsp3) is 1.00. The molecule has 0 N–H and O–H groups in total. The van der Waals surface area contributed by atoms with Gasteiger partial charge < -0.3 is 13.7 Å². The van der Waals surface area contributed by atoms with Crippen LogP contribution < -0.4 is 0 Å². The van der Waals surface area contributed by atoms with Gasteiger partial charge in [0.1, 0.15) is 0 Å². The van der Waals surface area contributed by atoms with Gasteiger partial charge in [-0.15, -0.1) is 0 Å². The molecule has 0 aromatic rings. The molecule has 0 aliphatic carbocycles. The first-order chi connectivity index (χ1) is 9.18. The summed E-state index contributed by atoms with van der Waals surface area (Å²) in [6.07, 6.45) is 1.23. The van der Waals surface area contributed by atoms with Gasteiger partial charge in [0.05, 0.1) is 30.4 Å². The minimum Gasteiger partial charge on any atom is -0.748 e.